The number of hydrogen-bond donors (Lipinski definition) is 0. The third kappa shape index (κ3) is 3.78. The zero-order valence-corrected chi connectivity index (χ0v) is 16.8. The van der Waals surface area contributed by atoms with Crippen molar-refractivity contribution >= 4 is 26.5 Å². The minimum Gasteiger partial charge on any atom is -0.451 e. The molecule has 0 saturated heterocycles. The molecule has 4 aromatic rings. The summed E-state index contributed by atoms with van der Waals surface area (Å²) in [6.45, 7) is 3.09. The molecule has 0 aliphatic carbocycles. The number of rotatable bonds is 4. The molecule has 0 aliphatic heterocycles. The largest absolute Gasteiger partial charge is 0.451 e. The van der Waals surface area contributed by atoms with Crippen LogP contribution in [0.4, 0.5) is 8.78 Å². The van der Waals surface area contributed by atoms with Crippen LogP contribution in [0.3, 0.4) is 0 Å². The van der Waals surface area contributed by atoms with Crippen LogP contribution >= 0.6 is 10.5 Å². The van der Waals surface area contributed by atoms with Crippen molar-refractivity contribution in [1.29, 1.82) is 0 Å². The van der Waals surface area contributed by atoms with Crippen molar-refractivity contribution in [2.24, 2.45) is 0 Å². The van der Waals surface area contributed by atoms with Crippen molar-refractivity contribution in [1.82, 2.24) is 0 Å². The molecule has 0 fully saturated rings. The van der Waals surface area contributed by atoms with E-state index in [1.807, 2.05) is 24.3 Å². The lowest BCUT2D eigenvalue weighted by molar-refractivity contribution is -0.00465. The quantitative estimate of drug-likeness (QED) is 0.269. The molecule has 0 amide bonds. The van der Waals surface area contributed by atoms with Gasteiger partial charge in [0.1, 0.15) is 22.6 Å². The number of hydrogen-bond acceptors (Lipinski definition) is 2. The highest BCUT2D eigenvalue weighted by Gasteiger charge is 2.30. The van der Waals surface area contributed by atoms with Crippen LogP contribution in [0.15, 0.2) is 78.2 Å². The normalized spacial score (nSPS) is 12.2. The number of thiophene rings is 1. The highest BCUT2D eigenvalue weighted by atomic mass is 32.2. The van der Waals surface area contributed by atoms with Crippen molar-refractivity contribution in [3.05, 3.63) is 101 Å². The summed E-state index contributed by atoms with van der Waals surface area (Å²) in [5.41, 5.74) is -0.948. The van der Waals surface area contributed by atoms with E-state index in [4.69, 9.17) is 4.74 Å². The Bertz CT molecular complexity index is 1210. The number of ether oxygens (including phenoxy) is 1. The van der Waals surface area contributed by atoms with E-state index in [1.165, 1.54) is 10.1 Å². The zero-order valence-electron chi connectivity index (χ0n) is 16.0. The Morgan fingerprint density at radius 1 is 0.931 bits per heavy atom. The van der Waals surface area contributed by atoms with E-state index in [2.05, 4.69) is 23.6 Å². The van der Waals surface area contributed by atoms with Gasteiger partial charge in [0.15, 0.2) is 9.60 Å². The average molecular weight is 409 g/mol. The highest BCUT2D eigenvalue weighted by Crippen LogP contribution is 2.40. The van der Waals surface area contributed by atoms with Gasteiger partial charge >= 0.3 is 5.97 Å². The summed E-state index contributed by atoms with van der Waals surface area (Å²) < 4.78 is 34.5. The summed E-state index contributed by atoms with van der Waals surface area (Å²) in [6, 6.07) is 20.6. The van der Waals surface area contributed by atoms with Crippen LogP contribution in [0.25, 0.3) is 15.0 Å². The lowest BCUT2D eigenvalue weighted by atomic mass is 9.97. The second kappa shape index (κ2) is 7.41. The van der Waals surface area contributed by atoms with Crippen LogP contribution < -0.4 is 0 Å². The van der Waals surface area contributed by atoms with Gasteiger partial charge in [-0.2, -0.15) is 0 Å². The molecule has 29 heavy (non-hydrogen) atoms. The minimum atomic E-state index is -1.32. The standard InChI is InChI=1S/C24H19F2O2S/c1-24(2,20-15-18(25)10-11-21(20)26)28-23(27)17-7-5-8-19(14-17)29-13-12-16-6-3-4-9-22(16)29/h3-15H,1-2H3/q+1. The molecule has 0 radical (unpaired) electrons. The van der Waals surface area contributed by atoms with E-state index < -0.39 is 23.2 Å². The fourth-order valence-electron chi connectivity index (χ4n) is 3.30. The molecule has 146 valence electrons. The van der Waals surface area contributed by atoms with Crippen molar-refractivity contribution < 1.29 is 18.3 Å². The molecule has 1 heterocycles. The highest BCUT2D eigenvalue weighted by molar-refractivity contribution is 7.43. The lowest BCUT2D eigenvalue weighted by Gasteiger charge is -2.26. The molecule has 1 unspecified atom stereocenters. The summed E-state index contributed by atoms with van der Waals surface area (Å²) in [7, 11) is -0.256. The Hall–Kier alpha value is -3.05. The van der Waals surface area contributed by atoms with Gasteiger partial charge in [-0.1, -0.05) is 18.2 Å². The molecule has 1 aromatic heterocycles. The van der Waals surface area contributed by atoms with Gasteiger partial charge in [-0.25, -0.2) is 13.6 Å². The molecule has 0 N–H and O–H groups in total. The maximum absolute atomic E-state index is 14.2. The number of carbonyl (C=O) groups is 1. The smallest absolute Gasteiger partial charge is 0.339 e. The van der Waals surface area contributed by atoms with Gasteiger partial charge < -0.3 is 4.74 Å². The third-order valence-electron chi connectivity index (χ3n) is 4.79. The molecule has 4 rings (SSSR count). The minimum absolute atomic E-state index is 0.00321. The maximum atomic E-state index is 14.2. The van der Waals surface area contributed by atoms with E-state index >= 15 is 0 Å². The van der Waals surface area contributed by atoms with Gasteiger partial charge in [0.2, 0.25) is 0 Å². The predicted octanol–water partition coefficient (Wildman–Crippen LogP) is 6.95. The van der Waals surface area contributed by atoms with Crippen LogP contribution in [0.2, 0.25) is 0 Å². The Labute approximate surface area is 170 Å². The van der Waals surface area contributed by atoms with Crippen LogP contribution in [-0.2, 0) is 10.3 Å². The zero-order chi connectivity index (χ0) is 20.6. The average Bonchev–Trinajstić information content (AvgIpc) is 3.14. The number of carbonyl (C=O) groups excluding carboxylic acids is 1. The van der Waals surface area contributed by atoms with Gasteiger partial charge in [-0.3, -0.25) is 0 Å². The topological polar surface area (TPSA) is 26.3 Å². The van der Waals surface area contributed by atoms with Crippen LogP contribution in [0.5, 0.6) is 0 Å². The number of esters is 1. The van der Waals surface area contributed by atoms with Gasteiger partial charge in [0.05, 0.1) is 5.56 Å². The van der Waals surface area contributed by atoms with Gasteiger partial charge in [-0.05, 0) is 56.3 Å². The van der Waals surface area contributed by atoms with E-state index in [0.717, 1.165) is 23.1 Å². The molecular formula is C24H19F2O2S+. The fraction of sp³-hybridized carbons (Fsp3) is 0.125. The van der Waals surface area contributed by atoms with E-state index in [-0.39, 0.29) is 16.0 Å². The Kier molecular flexibility index (Phi) is 4.92. The second-order valence-electron chi connectivity index (χ2n) is 7.23. The van der Waals surface area contributed by atoms with E-state index in [9.17, 15) is 13.6 Å². The fourth-order valence-corrected chi connectivity index (χ4v) is 5.24. The first-order chi connectivity index (χ1) is 13.8. The summed E-state index contributed by atoms with van der Waals surface area (Å²) in [5.74, 6) is -1.78. The van der Waals surface area contributed by atoms with E-state index in [1.54, 1.807) is 26.0 Å². The SMILES string of the molecule is CC(C)(OC(=O)c1cccc(-[s+]2ccc3ccccc32)c1)c1cc(F)ccc1F. The van der Waals surface area contributed by atoms with Gasteiger partial charge in [0, 0.05) is 33.6 Å². The summed E-state index contributed by atoms with van der Waals surface area (Å²) in [4.78, 5) is 13.8. The molecule has 0 spiro atoms. The monoisotopic (exact) mass is 409 g/mol. The van der Waals surface area contributed by atoms with Crippen molar-refractivity contribution in [3.8, 4) is 4.90 Å². The Morgan fingerprint density at radius 2 is 1.72 bits per heavy atom. The number of halogens is 2. The summed E-state index contributed by atoms with van der Waals surface area (Å²) >= 11 is 0. The molecule has 2 nitrogen and oxygen atoms in total. The lowest BCUT2D eigenvalue weighted by Crippen LogP contribution is -2.27. The van der Waals surface area contributed by atoms with Gasteiger partial charge in [0.25, 0.3) is 0 Å². The Morgan fingerprint density at radius 3 is 2.55 bits per heavy atom. The number of fused-ring (bicyclic) bond motifs is 1. The molecule has 1 atom stereocenters. The predicted molar refractivity (Wildman–Crippen MR) is 113 cm³/mol. The first-order valence-electron chi connectivity index (χ1n) is 9.14. The molecule has 0 saturated carbocycles. The molecule has 5 heteroatoms. The van der Waals surface area contributed by atoms with Crippen LogP contribution in [-0.4, -0.2) is 5.97 Å². The third-order valence-corrected chi connectivity index (χ3v) is 6.80. The first kappa shape index (κ1) is 19.3. The van der Waals surface area contributed by atoms with Crippen molar-refractivity contribution in [2.45, 2.75) is 19.4 Å². The number of benzene rings is 3. The van der Waals surface area contributed by atoms with Crippen molar-refractivity contribution in [2.75, 3.05) is 0 Å². The van der Waals surface area contributed by atoms with Crippen LogP contribution in [0.1, 0.15) is 29.8 Å². The maximum Gasteiger partial charge on any atom is 0.339 e. The second-order valence-corrected chi connectivity index (χ2v) is 9.09. The molecule has 3 aromatic carbocycles. The van der Waals surface area contributed by atoms with E-state index in [0.29, 0.717) is 5.56 Å². The van der Waals surface area contributed by atoms with Crippen molar-refractivity contribution in [3.63, 3.8) is 0 Å². The van der Waals surface area contributed by atoms with Crippen LogP contribution in [0, 0.1) is 11.6 Å². The van der Waals surface area contributed by atoms with Gasteiger partial charge in [-0.15, -0.1) is 0 Å². The first-order valence-corrected chi connectivity index (χ1v) is 10.4. The summed E-state index contributed by atoms with van der Waals surface area (Å²) in [6.07, 6.45) is 0. The Balaban J connectivity index is 1.64. The molecule has 0 aliphatic rings. The molecular weight excluding hydrogens is 390 g/mol. The summed E-state index contributed by atoms with van der Waals surface area (Å²) in [5, 5.41) is 3.30. The molecule has 0 bridgehead atoms.